The molecule has 1 aliphatic heterocycles. The summed E-state index contributed by atoms with van der Waals surface area (Å²) in [6, 6.07) is 0. The van der Waals surface area contributed by atoms with Crippen LogP contribution in [0.4, 0.5) is 0 Å². The third-order valence-corrected chi connectivity index (χ3v) is 2.20. The topological polar surface area (TPSA) is 103 Å². The van der Waals surface area contributed by atoms with Crippen molar-refractivity contribution < 1.29 is 28.6 Å². The van der Waals surface area contributed by atoms with Gasteiger partial charge in [0.2, 0.25) is 11.7 Å². The van der Waals surface area contributed by atoms with Gasteiger partial charge in [-0.15, -0.1) is 0 Å². The Morgan fingerprint density at radius 1 is 1.25 bits per heavy atom. The van der Waals surface area contributed by atoms with Crippen LogP contribution in [-0.2, 0) is 28.6 Å². The Morgan fingerprint density at radius 2 is 2.05 bits per heavy atom. The van der Waals surface area contributed by atoms with Crippen molar-refractivity contribution in [2.75, 3.05) is 32.9 Å². The van der Waals surface area contributed by atoms with Crippen LogP contribution in [0.1, 0.15) is 13.3 Å². The van der Waals surface area contributed by atoms with Crippen LogP contribution in [0.2, 0.25) is 0 Å². The van der Waals surface area contributed by atoms with Crippen molar-refractivity contribution >= 4 is 17.8 Å². The lowest BCUT2D eigenvalue weighted by Gasteiger charge is -2.14. The molecule has 0 saturated heterocycles. The lowest BCUT2D eigenvalue weighted by atomic mass is 10.4. The molecule has 0 bridgehead atoms. The highest BCUT2D eigenvalue weighted by Crippen LogP contribution is 2.05. The van der Waals surface area contributed by atoms with E-state index in [0.29, 0.717) is 13.2 Å². The van der Waals surface area contributed by atoms with Gasteiger partial charge in [0.15, 0.2) is 6.61 Å². The molecule has 20 heavy (non-hydrogen) atoms. The number of carbonyl (C=O) groups is 3. The van der Waals surface area contributed by atoms with Crippen molar-refractivity contribution in [2.24, 2.45) is 0 Å². The Balaban J connectivity index is 2.17. The molecule has 112 valence electrons. The van der Waals surface area contributed by atoms with E-state index in [9.17, 15) is 14.4 Å². The van der Waals surface area contributed by atoms with E-state index < -0.39 is 18.5 Å². The summed E-state index contributed by atoms with van der Waals surface area (Å²) in [5, 5.41) is 4.93. The second-order valence-electron chi connectivity index (χ2n) is 3.90. The predicted molar refractivity (Wildman–Crippen MR) is 67.3 cm³/mol. The van der Waals surface area contributed by atoms with E-state index in [1.807, 2.05) is 6.92 Å². The van der Waals surface area contributed by atoms with Gasteiger partial charge >= 0.3 is 5.97 Å². The van der Waals surface area contributed by atoms with Crippen LogP contribution in [0.15, 0.2) is 12.0 Å². The third kappa shape index (κ3) is 6.07. The molecule has 0 aromatic heterocycles. The van der Waals surface area contributed by atoms with E-state index in [-0.39, 0.29) is 24.8 Å². The fourth-order valence-electron chi connectivity index (χ4n) is 1.23. The second kappa shape index (κ2) is 8.78. The minimum atomic E-state index is -0.782. The quantitative estimate of drug-likeness (QED) is 0.586. The molecule has 0 spiro atoms. The van der Waals surface area contributed by atoms with Gasteiger partial charge in [0, 0.05) is 6.54 Å². The minimum absolute atomic E-state index is 0.0789. The smallest absolute Gasteiger partial charge is 0.377 e. The lowest BCUT2D eigenvalue weighted by Crippen LogP contribution is -2.39. The van der Waals surface area contributed by atoms with Crippen molar-refractivity contribution in [3.8, 4) is 0 Å². The van der Waals surface area contributed by atoms with Crippen LogP contribution in [0.5, 0.6) is 0 Å². The van der Waals surface area contributed by atoms with Gasteiger partial charge in [-0.1, -0.05) is 6.92 Å². The van der Waals surface area contributed by atoms with Crippen LogP contribution in [-0.4, -0.2) is 50.7 Å². The third-order valence-electron chi connectivity index (χ3n) is 2.20. The Labute approximate surface area is 116 Å². The van der Waals surface area contributed by atoms with Gasteiger partial charge in [0.25, 0.3) is 5.91 Å². The van der Waals surface area contributed by atoms with E-state index in [1.165, 1.54) is 0 Å². The largest absolute Gasteiger partial charge is 0.493 e. The molecule has 1 heterocycles. The SMILES string of the molecule is CCCNC(=O)CNC(=O)COC(=O)C1=COCCO1. The molecule has 8 nitrogen and oxygen atoms in total. The van der Waals surface area contributed by atoms with Gasteiger partial charge in [-0.3, -0.25) is 9.59 Å². The molecule has 0 fully saturated rings. The molecule has 2 amide bonds. The van der Waals surface area contributed by atoms with E-state index in [1.54, 1.807) is 0 Å². The van der Waals surface area contributed by atoms with Crippen molar-refractivity contribution in [1.29, 1.82) is 0 Å². The van der Waals surface area contributed by atoms with Gasteiger partial charge in [0.1, 0.15) is 19.5 Å². The number of hydrogen-bond donors (Lipinski definition) is 2. The standard InChI is InChI=1S/C12H18N2O6/c1-2-3-13-10(15)6-14-11(16)8-20-12(17)9-7-18-4-5-19-9/h7H,2-6,8H2,1H3,(H,13,15)(H,14,16). The first kappa shape index (κ1) is 15.8. The summed E-state index contributed by atoms with van der Waals surface area (Å²) in [5.74, 6) is -1.72. The molecule has 8 heteroatoms. The van der Waals surface area contributed by atoms with Crippen LogP contribution in [0.25, 0.3) is 0 Å². The van der Waals surface area contributed by atoms with Crippen LogP contribution >= 0.6 is 0 Å². The summed E-state index contributed by atoms with van der Waals surface area (Å²) in [5.41, 5.74) is 0. The molecule has 0 saturated carbocycles. The highest BCUT2D eigenvalue weighted by molar-refractivity contribution is 5.89. The number of hydrogen-bond acceptors (Lipinski definition) is 6. The molecular formula is C12H18N2O6. The average molecular weight is 286 g/mol. The molecule has 0 unspecified atom stereocenters. The first-order valence-corrected chi connectivity index (χ1v) is 6.28. The highest BCUT2D eigenvalue weighted by atomic mass is 16.6. The molecule has 2 N–H and O–H groups in total. The van der Waals surface area contributed by atoms with Crippen molar-refractivity contribution in [1.82, 2.24) is 10.6 Å². The van der Waals surface area contributed by atoms with Gasteiger partial charge in [-0.2, -0.15) is 0 Å². The first-order valence-electron chi connectivity index (χ1n) is 6.28. The molecule has 1 rings (SSSR count). The summed E-state index contributed by atoms with van der Waals surface area (Å²) in [4.78, 5) is 34.0. The van der Waals surface area contributed by atoms with Gasteiger partial charge < -0.3 is 24.8 Å². The predicted octanol–water partition coefficient (Wildman–Crippen LogP) is -0.940. The normalized spacial score (nSPS) is 13.3. The van der Waals surface area contributed by atoms with Gasteiger partial charge in [0.05, 0.1) is 6.54 Å². The summed E-state index contributed by atoms with van der Waals surface area (Å²) >= 11 is 0. The van der Waals surface area contributed by atoms with Crippen molar-refractivity contribution in [3.05, 3.63) is 12.0 Å². The zero-order chi connectivity index (χ0) is 14.8. The Morgan fingerprint density at radius 3 is 2.70 bits per heavy atom. The maximum atomic E-state index is 11.4. The Hall–Kier alpha value is -2.25. The average Bonchev–Trinajstić information content (AvgIpc) is 2.49. The van der Waals surface area contributed by atoms with Gasteiger partial charge in [-0.25, -0.2) is 4.79 Å². The maximum Gasteiger partial charge on any atom is 0.377 e. The van der Waals surface area contributed by atoms with Crippen molar-refractivity contribution in [3.63, 3.8) is 0 Å². The Kier molecular flexibility index (Phi) is 6.94. The van der Waals surface area contributed by atoms with Gasteiger partial charge in [-0.05, 0) is 6.42 Å². The Bertz CT molecular complexity index is 393. The second-order valence-corrected chi connectivity index (χ2v) is 3.90. The first-order chi connectivity index (χ1) is 9.63. The number of amides is 2. The summed E-state index contributed by atoms with van der Waals surface area (Å²) in [6.45, 7) is 2.45. The molecule has 0 aromatic rings. The van der Waals surface area contributed by atoms with Crippen molar-refractivity contribution in [2.45, 2.75) is 13.3 Å². The van der Waals surface area contributed by atoms with E-state index in [0.717, 1.165) is 12.7 Å². The fourth-order valence-corrected chi connectivity index (χ4v) is 1.23. The summed E-state index contributed by atoms with van der Waals surface area (Å²) in [7, 11) is 0. The zero-order valence-electron chi connectivity index (χ0n) is 11.3. The van der Waals surface area contributed by atoms with Crippen LogP contribution in [0, 0.1) is 0 Å². The lowest BCUT2D eigenvalue weighted by molar-refractivity contribution is -0.149. The highest BCUT2D eigenvalue weighted by Gasteiger charge is 2.17. The number of esters is 1. The number of nitrogens with one attached hydrogen (secondary N) is 2. The monoisotopic (exact) mass is 286 g/mol. The molecule has 1 aliphatic rings. The van der Waals surface area contributed by atoms with Crippen LogP contribution in [0.3, 0.4) is 0 Å². The zero-order valence-corrected chi connectivity index (χ0v) is 11.3. The molecule has 0 aromatic carbocycles. The number of ether oxygens (including phenoxy) is 3. The fraction of sp³-hybridized carbons (Fsp3) is 0.583. The summed E-state index contributed by atoms with van der Waals surface area (Å²) in [6.07, 6.45) is 1.95. The number of rotatable bonds is 7. The van der Waals surface area contributed by atoms with Crippen LogP contribution < -0.4 is 10.6 Å². The number of carbonyl (C=O) groups excluding carboxylic acids is 3. The minimum Gasteiger partial charge on any atom is -0.493 e. The van der Waals surface area contributed by atoms with E-state index in [2.05, 4.69) is 10.6 Å². The molecule has 0 radical (unpaired) electrons. The molecular weight excluding hydrogens is 268 g/mol. The molecule has 0 atom stereocenters. The maximum absolute atomic E-state index is 11.4. The molecule has 0 aliphatic carbocycles. The van der Waals surface area contributed by atoms with E-state index in [4.69, 9.17) is 14.2 Å². The summed E-state index contributed by atoms with van der Waals surface area (Å²) < 4.78 is 14.6. The van der Waals surface area contributed by atoms with E-state index >= 15 is 0 Å².